The molecule has 36 heavy (non-hydrogen) atoms. The van der Waals surface area contributed by atoms with Crippen LogP contribution in [0.25, 0.3) is 10.8 Å². The Balaban J connectivity index is 2.49. The number of benzene rings is 2. The van der Waals surface area contributed by atoms with Crippen LogP contribution in [0.4, 0.5) is 13.2 Å². The minimum absolute atomic E-state index is 0.291. The van der Waals surface area contributed by atoms with Crippen LogP contribution in [0.1, 0.15) is 65.2 Å². The van der Waals surface area contributed by atoms with Crippen molar-refractivity contribution in [1.82, 2.24) is 0 Å². The topological polar surface area (TPSA) is 61.8 Å². The molecule has 0 bridgehead atoms. The van der Waals surface area contributed by atoms with Crippen LogP contribution in [0.3, 0.4) is 0 Å². The van der Waals surface area contributed by atoms with E-state index in [1.807, 2.05) is 25.7 Å². The van der Waals surface area contributed by atoms with Crippen LogP contribution in [0.2, 0.25) is 19.6 Å². The summed E-state index contributed by atoms with van der Waals surface area (Å²) in [4.78, 5) is 0. The lowest BCUT2D eigenvalue weighted by atomic mass is 10.1. The number of fused-ring (bicyclic) bond motifs is 1. The highest BCUT2D eigenvalue weighted by molar-refractivity contribution is 7.88. The van der Waals surface area contributed by atoms with Crippen molar-refractivity contribution in [2.75, 3.05) is 13.2 Å². The summed E-state index contributed by atoms with van der Waals surface area (Å²) in [7, 11) is -8.09. The molecule has 10 heteroatoms. The molecule has 0 amide bonds. The van der Waals surface area contributed by atoms with Gasteiger partial charge in [-0.2, -0.15) is 21.6 Å². The van der Waals surface area contributed by atoms with Crippen LogP contribution in [0, 0.1) is 0 Å². The fourth-order valence-corrected chi connectivity index (χ4v) is 5.75. The highest BCUT2D eigenvalue weighted by Gasteiger charge is 2.49. The predicted octanol–water partition coefficient (Wildman–Crippen LogP) is 7.53. The predicted molar refractivity (Wildman–Crippen MR) is 142 cm³/mol. The molecule has 0 saturated carbocycles. The third kappa shape index (κ3) is 8.57. The van der Waals surface area contributed by atoms with Gasteiger partial charge in [-0.05, 0) is 47.0 Å². The highest BCUT2D eigenvalue weighted by Crippen LogP contribution is 2.36. The number of alkyl halides is 3. The molecular weight excluding hydrogens is 509 g/mol. The molecule has 0 heterocycles. The van der Waals surface area contributed by atoms with E-state index in [9.17, 15) is 21.6 Å². The van der Waals surface area contributed by atoms with Crippen molar-refractivity contribution >= 4 is 34.2 Å². The maximum Gasteiger partial charge on any atom is 0.534 e. The summed E-state index contributed by atoms with van der Waals surface area (Å²) in [6.07, 6.45) is 8.33. The number of ether oxygens (including phenoxy) is 2. The standard InChI is InChI=1S/C26H39F3O5SSi/c1-6-8-10-12-14-32-22-16-20-18-24(34-35(30,31)26(27,28)29)25(36(3,4)5)19-21(20)17-23(22)33-15-13-11-9-7-2/h16-19H,6-15H2,1-5H3. The first-order valence-electron chi connectivity index (χ1n) is 12.7. The third-order valence-electron chi connectivity index (χ3n) is 5.80. The molecule has 2 rings (SSSR count). The number of unbranched alkanes of at least 4 members (excludes halogenated alkanes) is 6. The molecule has 204 valence electrons. The first-order chi connectivity index (χ1) is 16.8. The van der Waals surface area contributed by atoms with Crippen LogP contribution < -0.4 is 18.8 Å². The van der Waals surface area contributed by atoms with Gasteiger partial charge in [0.1, 0.15) is 5.75 Å². The Morgan fingerprint density at radius 3 is 1.58 bits per heavy atom. The average molecular weight is 549 g/mol. The summed E-state index contributed by atoms with van der Waals surface area (Å²) >= 11 is 0. The summed E-state index contributed by atoms with van der Waals surface area (Å²) in [6.45, 7) is 11.0. The van der Waals surface area contributed by atoms with Gasteiger partial charge < -0.3 is 13.7 Å². The van der Waals surface area contributed by atoms with E-state index in [1.54, 1.807) is 12.1 Å². The normalized spacial score (nSPS) is 12.7. The van der Waals surface area contributed by atoms with E-state index < -0.39 is 23.7 Å². The van der Waals surface area contributed by atoms with Gasteiger partial charge in [0.05, 0.1) is 21.3 Å². The molecule has 0 radical (unpaired) electrons. The lowest BCUT2D eigenvalue weighted by Gasteiger charge is -2.22. The largest absolute Gasteiger partial charge is 0.534 e. The summed E-state index contributed by atoms with van der Waals surface area (Å²) in [5.41, 5.74) is -5.51. The smallest absolute Gasteiger partial charge is 0.490 e. The van der Waals surface area contributed by atoms with Crippen LogP contribution in [-0.2, 0) is 10.1 Å². The molecule has 0 spiro atoms. The van der Waals surface area contributed by atoms with E-state index >= 15 is 0 Å². The van der Waals surface area contributed by atoms with E-state index in [-0.39, 0.29) is 5.75 Å². The van der Waals surface area contributed by atoms with Gasteiger partial charge in [-0.25, -0.2) is 0 Å². The van der Waals surface area contributed by atoms with Gasteiger partial charge >= 0.3 is 15.6 Å². The SMILES string of the molecule is CCCCCCOc1cc2cc(OS(=O)(=O)C(F)(F)F)c([Si](C)(C)C)cc2cc1OCCCCCC. The molecule has 0 aliphatic heterocycles. The molecule has 0 aliphatic rings. The molecule has 5 nitrogen and oxygen atoms in total. The Bertz CT molecular complexity index is 1100. The number of hydrogen-bond donors (Lipinski definition) is 0. The van der Waals surface area contributed by atoms with Crippen molar-refractivity contribution in [3.05, 3.63) is 24.3 Å². The quantitative estimate of drug-likeness (QED) is 0.0996. The van der Waals surface area contributed by atoms with Crippen molar-refractivity contribution < 1.29 is 35.2 Å². The molecule has 0 saturated heterocycles. The maximum atomic E-state index is 13.1. The summed E-state index contributed by atoms with van der Waals surface area (Å²) in [5.74, 6) is 0.772. The first-order valence-corrected chi connectivity index (χ1v) is 17.6. The molecule has 0 aromatic heterocycles. The van der Waals surface area contributed by atoms with Gasteiger partial charge in [0.2, 0.25) is 0 Å². The molecule has 0 unspecified atom stereocenters. The van der Waals surface area contributed by atoms with E-state index in [1.165, 1.54) is 6.07 Å². The Hall–Kier alpha value is -1.94. The van der Waals surface area contributed by atoms with Crippen LogP contribution in [0.5, 0.6) is 17.2 Å². The second-order valence-corrected chi connectivity index (χ2v) is 16.6. The molecule has 0 atom stereocenters. The maximum absolute atomic E-state index is 13.1. The lowest BCUT2D eigenvalue weighted by Crippen LogP contribution is -2.40. The van der Waals surface area contributed by atoms with Crippen molar-refractivity contribution in [3.8, 4) is 17.2 Å². The fourth-order valence-electron chi connectivity index (χ4n) is 3.76. The van der Waals surface area contributed by atoms with Gasteiger partial charge in [-0.15, -0.1) is 0 Å². The summed E-state index contributed by atoms with van der Waals surface area (Å²) in [5, 5.41) is 1.72. The molecule has 2 aromatic carbocycles. The summed E-state index contributed by atoms with van der Waals surface area (Å²) in [6, 6.07) is 6.60. The Labute approximate surface area is 214 Å². The monoisotopic (exact) mass is 548 g/mol. The second-order valence-electron chi connectivity index (χ2n) is 10.0. The third-order valence-corrected chi connectivity index (χ3v) is 8.78. The van der Waals surface area contributed by atoms with E-state index in [2.05, 4.69) is 18.0 Å². The van der Waals surface area contributed by atoms with E-state index in [0.29, 0.717) is 35.3 Å². The number of rotatable bonds is 15. The fraction of sp³-hybridized carbons (Fsp3) is 0.615. The zero-order valence-electron chi connectivity index (χ0n) is 22.0. The van der Waals surface area contributed by atoms with Crippen molar-refractivity contribution in [3.63, 3.8) is 0 Å². The van der Waals surface area contributed by atoms with Crippen molar-refractivity contribution in [2.24, 2.45) is 0 Å². The number of halogens is 3. The second kappa shape index (κ2) is 13.0. The van der Waals surface area contributed by atoms with Crippen LogP contribution >= 0.6 is 0 Å². The molecule has 0 fully saturated rings. The molecule has 0 aliphatic carbocycles. The highest BCUT2D eigenvalue weighted by atomic mass is 32.2. The van der Waals surface area contributed by atoms with E-state index in [4.69, 9.17) is 9.47 Å². The Morgan fingerprint density at radius 1 is 0.722 bits per heavy atom. The minimum atomic E-state index is -5.80. The van der Waals surface area contributed by atoms with Crippen molar-refractivity contribution in [2.45, 2.75) is 90.4 Å². The van der Waals surface area contributed by atoms with Crippen molar-refractivity contribution in [1.29, 1.82) is 0 Å². The van der Waals surface area contributed by atoms with Crippen LogP contribution in [-0.4, -0.2) is 35.2 Å². The van der Waals surface area contributed by atoms with Gasteiger partial charge in [0, 0.05) is 0 Å². The van der Waals surface area contributed by atoms with Gasteiger partial charge in [0.15, 0.2) is 11.5 Å². The number of hydrogen-bond acceptors (Lipinski definition) is 5. The first kappa shape index (κ1) is 30.3. The van der Waals surface area contributed by atoms with Gasteiger partial charge in [0.25, 0.3) is 0 Å². The summed E-state index contributed by atoms with van der Waals surface area (Å²) < 4.78 is 79.5. The zero-order chi connectivity index (χ0) is 27.0. The Morgan fingerprint density at radius 2 is 1.17 bits per heavy atom. The molecule has 2 aromatic rings. The molecule has 0 N–H and O–H groups in total. The minimum Gasteiger partial charge on any atom is -0.490 e. The van der Waals surface area contributed by atoms with E-state index in [0.717, 1.165) is 56.8 Å². The average Bonchev–Trinajstić information content (AvgIpc) is 2.76. The van der Waals surface area contributed by atoms with Crippen LogP contribution in [0.15, 0.2) is 24.3 Å². The Kier molecular flexibility index (Phi) is 11.0. The zero-order valence-corrected chi connectivity index (χ0v) is 23.8. The van der Waals surface area contributed by atoms with Gasteiger partial charge in [-0.3, -0.25) is 0 Å². The lowest BCUT2D eigenvalue weighted by molar-refractivity contribution is -0.0499. The van der Waals surface area contributed by atoms with Gasteiger partial charge in [-0.1, -0.05) is 78.1 Å². The molecular formula is C26H39F3O5SSi.